The van der Waals surface area contributed by atoms with Crippen molar-refractivity contribution in [3.05, 3.63) is 0 Å². The number of hydrogen-bond donors (Lipinski definition) is 0. The second-order valence-electron chi connectivity index (χ2n) is 1.70. The molecule has 0 aromatic carbocycles. The molecule has 0 aliphatic heterocycles. The normalized spacial score (nSPS) is 11.9. The number of hydrogen-bond acceptors (Lipinski definition) is 4. The van der Waals surface area contributed by atoms with Crippen molar-refractivity contribution in [2.75, 3.05) is 19.8 Å². The average molecular weight is 226 g/mol. The van der Waals surface area contributed by atoms with Crippen LogP contribution in [0.2, 0.25) is 0 Å². The van der Waals surface area contributed by atoms with Crippen LogP contribution in [0.15, 0.2) is 0 Å². The van der Waals surface area contributed by atoms with E-state index in [-0.39, 0.29) is 0 Å². The van der Waals surface area contributed by atoms with Gasteiger partial charge in [0.2, 0.25) is 0 Å². The molecule has 0 amide bonds. The first-order valence-electron chi connectivity index (χ1n) is 3.72. The van der Waals surface area contributed by atoms with Crippen LogP contribution < -0.4 is 0 Å². The predicted octanol–water partition coefficient (Wildman–Crippen LogP) is 0.962. The molecule has 0 aromatic heterocycles. The van der Waals surface area contributed by atoms with E-state index in [0.717, 1.165) is 0 Å². The van der Waals surface area contributed by atoms with Gasteiger partial charge in [0.15, 0.2) is 0 Å². The van der Waals surface area contributed by atoms with Crippen LogP contribution in [0.4, 0.5) is 0 Å². The zero-order valence-electron chi connectivity index (χ0n) is 7.20. The van der Waals surface area contributed by atoms with Crippen molar-refractivity contribution in [3.63, 3.8) is 0 Å². The summed E-state index contributed by atoms with van der Waals surface area (Å²) < 4.78 is 26.1. The third kappa shape index (κ3) is 4.64. The Bertz CT molecular complexity index is 113. The Morgan fingerprint density at radius 3 is 1.36 bits per heavy atom. The first-order valence-corrected chi connectivity index (χ1v) is 6.78. The predicted molar refractivity (Wildman–Crippen MR) is 41.3 cm³/mol. The van der Waals surface area contributed by atoms with Gasteiger partial charge in [-0.05, 0) is 0 Å². The van der Waals surface area contributed by atoms with Crippen LogP contribution in [0.25, 0.3) is 0 Å². The van der Waals surface area contributed by atoms with Gasteiger partial charge < -0.3 is 0 Å². The Morgan fingerprint density at radius 2 is 1.18 bits per heavy atom. The van der Waals surface area contributed by atoms with E-state index in [1.54, 1.807) is 20.8 Å². The van der Waals surface area contributed by atoms with Gasteiger partial charge in [0, 0.05) is 0 Å². The Kier molecular flexibility index (Phi) is 5.96. The average Bonchev–Trinajstić information content (AvgIpc) is 1.88. The Hall–Kier alpha value is 0.238. The van der Waals surface area contributed by atoms with Crippen LogP contribution in [0, 0.1) is 0 Å². The van der Waals surface area contributed by atoms with E-state index in [4.69, 9.17) is 11.2 Å². The molecule has 0 aliphatic rings. The molecule has 4 nitrogen and oxygen atoms in total. The second-order valence-corrected chi connectivity index (χ2v) is 5.20. The topological polar surface area (TPSA) is 44.8 Å². The third-order valence-electron chi connectivity index (χ3n) is 0.862. The van der Waals surface area contributed by atoms with E-state index < -0.39 is 14.5 Å². The molecule has 0 aromatic rings. The van der Waals surface area contributed by atoms with Gasteiger partial charge in [0.05, 0.1) is 0 Å². The molecule has 11 heavy (non-hydrogen) atoms. The van der Waals surface area contributed by atoms with Crippen molar-refractivity contribution in [3.8, 4) is 0 Å². The van der Waals surface area contributed by atoms with Gasteiger partial charge in [-0.1, -0.05) is 0 Å². The molecule has 5 heteroatoms. The molecule has 0 saturated carbocycles. The first kappa shape index (κ1) is 11.2. The van der Waals surface area contributed by atoms with Crippen molar-refractivity contribution < 1.29 is 14.9 Å². The summed E-state index contributed by atoms with van der Waals surface area (Å²) in [5.41, 5.74) is 0. The molecule has 68 valence electrons. The van der Waals surface area contributed by atoms with E-state index in [2.05, 4.69) is 0 Å². The zero-order chi connectivity index (χ0) is 8.74. The van der Waals surface area contributed by atoms with E-state index >= 15 is 0 Å². The van der Waals surface area contributed by atoms with Crippen molar-refractivity contribution >= 4 is 14.5 Å². The minimum atomic E-state index is -3.83. The molecule has 0 saturated heterocycles. The fraction of sp³-hybridized carbons (Fsp3) is 1.00. The van der Waals surface area contributed by atoms with Gasteiger partial charge in [-0.25, -0.2) is 0 Å². The summed E-state index contributed by atoms with van der Waals surface area (Å²) in [6.07, 6.45) is 0. The van der Waals surface area contributed by atoms with Crippen molar-refractivity contribution in [2.45, 2.75) is 20.8 Å². The molecule has 0 aliphatic carbocycles. The van der Waals surface area contributed by atoms with Crippen LogP contribution in [0.5, 0.6) is 0 Å². The Morgan fingerprint density at radius 1 is 0.909 bits per heavy atom. The third-order valence-corrected chi connectivity index (χ3v) is 4.48. The van der Waals surface area contributed by atoms with E-state index in [1.807, 2.05) is 0 Å². The molecular formula is C6H15AsO4. The molecule has 0 fully saturated rings. The van der Waals surface area contributed by atoms with Gasteiger partial charge in [0.1, 0.15) is 0 Å². The van der Waals surface area contributed by atoms with Crippen molar-refractivity contribution in [2.24, 2.45) is 0 Å². The van der Waals surface area contributed by atoms with Crippen LogP contribution in [0.1, 0.15) is 20.8 Å². The molecule has 0 atom stereocenters. The van der Waals surface area contributed by atoms with Gasteiger partial charge in [-0.2, -0.15) is 0 Å². The quantitative estimate of drug-likeness (QED) is 0.633. The minimum absolute atomic E-state index is 0.358. The van der Waals surface area contributed by atoms with E-state index in [0.29, 0.717) is 19.8 Å². The van der Waals surface area contributed by atoms with E-state index in [1.165, 1.54) is 0 Å². The first-order chi connectivity index (χ1) is 5.18. The van der Waals surface area contributed by atoms with Crippen molar-refractivity contribution in [1.82, 2.24) is 0 Å². The molecule has 0 spiro atoms. The van der Waals surface area contributed by atoms with Crippen LogP contribution in [0.3, 0.4) is 0 Å². The molecule has 0 rings (SSSR count). The summed E-state index contributed by atoms with van der Waals surface area (Å²) in [5, 5.41) is 0. The monoisotopic (exact) mass is 226 g/mol. The summed E-state index contributed by atoms with van der Waals surface area (Å²) in [4.78, 5) is 0. The molecule has 0 radical (unpaired) electrons. The summed E-state index contributed by atoms with van der Waals surface area (Å²) in [5.74, 6) is 0. The zero-order valence-corrected chi connectivity index (χ0v) is 9.08. The van der Waals surface area contributed by atoms with Gasteiger partial charge in [0.25, 0.3) is 0 Å². The fourth-order valence-corrected chi connectivity index (χ4v) is 3.05. The Labute approximate surface area is 70.6 Å². The van der Waals surface area contributed by atoms with Crippen LogP contribution in [-0.2, 0) is 14.9 Å². The SMILES string of the molecule is CCO[As](=O)(OCC)OCC. The maximum atomic E-state index is 11.4. The molecule has 0 heterocycles. The van der Waals surface area contributed by atoms with Crippen LogP contribution in [-0.4, -0.2) is 34.3 Å². The summed E-state index contributed by atoms with van der Waals surface area (Å²) in [6.45, 7) is 6.34. The van der Waals surface area contributed by atoms with Gasteiger partial charge in [-0.15, -0.1) is 0 Å². The fourth-order valence-electron chi connectivity index (χ4n) is 0.586. The van der Waals surface area contributed by atoms with Gasteiger partial charge >= 0.3 is 70.0 Å². The molecular weight excluding hydrogens is 211 g/mol. The number of rotatable bonds is 6. The maximum absolute atomic E-state index is 11.4. The van der Waals surface area contributed by atoms with Crippen LogP contribution >= 0.6 is 0 Å². The molecule has 0 N–H and O–H groups in total. The standard InChI is InChI=1S/C6H15AsO4/c1-4-9-7(8,10-5-2)11-6-3/h4-6H2,1-3H3. The summed E-state index contributed by atoms with van der Waals surface area (Å²) >= 11 is -3.83. The molecule has 0 bridgehead atoms. The Balaban J connectivity index is 3.91. The molecule has 0 unspecified atom stereocenters. The summed E-state index contributed by atoms with van der Waals surface area (Å²) in [7, 11) is 0. The van der Waals surface area contributed by atoms with Crippen molar-refractivity contribution in [1.29, 1.82) is 0 Å². The summed E-state index contributed by atoms with van der Waals surface area (Å²) in [6, 6.07) is 0. The van der Waals surface area contributed by atoms with E-state index in [9.17, 15) is 3.74 Å². The van der Waals surface area contributed by atoms with Gasteiger partial charge in [-0.3, -0.25) is 0 Å². The second kappa shape index (κ2) is 5.83.